The highest BCUT2D eigenvalue weighted by molar-refractivity contribution is 7.86. The van der Waals surface area contributed by atoms with E-state index in [1.54, 1.807) is 0 Å². The van der Waals surface area contributed by atoms with E-state index in [1.807, 2.05) is 0 Å². The van der Waals surface area contributed by atoms with Gasteiger partial charge in [0.2, 0.25) is 0 Å². The third-order valence-corrected chi connectivity index (χ3v) is 5.65. The van der Waals surface area contributed by atoms with Crippen molar-refractivity contribution in [3.8, 4) is 0 Å². The van der Waals surface area contributed by atoms with Crippen molar-refractivity contribution in [2.75, 3.05) is 6.61 Å². The molecule has 0 bridgehead atoms. The highest BCUT2D eigenvalue weighted by atomic mass is 32.2. The van der Waals surface area contributed by atoms with Crippen LogP contribution in [-0.2, 0) is 49.7 Å². The molecule has 9 nitrogen and oxygen atoms in total. The molecule has 0 amide bonds. The van der Waals surface area contributed by atoms with Crippen molar-refractivity contribution in [2.45, 2.75) is 43.6 Å². The number of carboxylic acid groups (broad SMARTS) is 1. The average molecular weight is 478 g/mol. The van der Waals surface area contributed by atoms with Gasteiger partial charge in [-0.2, -0.15) is 17.2 Å². The molecule has 0 aliphatic carbocycles. The van der Waals surface area contributed by atoms with Gasteiger partial charge in [-0.1, -0.05) is 36.4 Å². The molecule has 1 aromatic carbocycles. The normalized spacial score (nSPS) is 12.7. The van der Waals surface area contributed by atoms with Crippen LogP contribution in [0.1, 0.15) is 49.9 Å². The van der Waals surface area contributed by atoms with E-state index in [0.29, 0.717) is 6.92 Å². The van der Waals surface area contributed by atoms with E-state index < -0.39 is 57.1 Å². The minimum Gasteiger partial charge on any atom is -0.478 e. The van der Waals surface area contributed by atoms with E-state index in [-0.39, 0.29) is 47.5 Å². The van der Waals surface area contributed by atoms with Crippen molar-refractivity contribution >= 4 is 59.4 Å². The van der Waals surface area contributed by atoms with Crippen LogP contribution >= 0.6 is 0 Å². The zero-order chi connectivity index (χ0) is 25.7. The first-order valence-corrected chi connectivity index (χ1v) is 10.6. The number of rotatable bonds is 11. The first kappa shape index (κ1) is 28.7. The monoisotopic (exact) mass is 478 g/mol. The molecule has 0 saturated heterocycles. The number of aromatic carboxylic acids is 1. The molecule has 1 atom stereocenters. The molecule has 1 unspecified atom stereocenters. The van der Waals surface area contributed by atoms with Crippen molar-refractivity contribution in [3.63, 3.8) is 0 Å². The molecular weight excluding hydrogens is 461 g/mol. The maximum atomic E-state index is 13.5. The number of esters is 2. The summed E-state index contributed by atoms with van der Waals surface area (Å²) < 4.78 is 65.8. The number of carboxylic acids is 1. The summed E-state index contributed by atoms with van der Waals surface area (Å²) in [5, 5.41) is 4.83. The molecule has 16 heteroatoms. The molecule has 0 heterocycles. The lowest BCUT2D eigenvalue weighted by molar-refractivity contribution is -0.162. The Morgan fingerprint density at radius 1 is 0.939 bits per heavy atom. The van der Waals surface area contributed by atoms with Gasteiger partial charge < -0.3 is 14.6 Å². The van der Waals surface area contributed by atoms with Gasteiger partial charge in [0.25, 0.3) is 0 Å². The fraction of sp³-hybridized carbons (Fsp3) is 0.471. The van der Waals surface area contributed by atoms with Gasteiger partial charge in [-0.05, 0) is 18.1 Å². The quantitative estimate of drug-likeness (QED) is 0.248. The van der Waals surface area contributed by atoms with E-state index >= 15 is 0 Å². The minimum atomic E-state index is -5.90. The fourth-order valence-corrected chi connectivity index (χ4v) is 3.55. The van der Waals surface area contributed by atoms with E-state index in [2.05, 4.69) is 4.74 Å². The number of alkyl halides is 2. The van der Waals surface area contributed by atoms with Crippen LogP contribution in [-0.4, -0.2) is 85.3 Å². The second-order valence-electron chi connectivity index (χ2n) is 6.53. The highest BCUT2D eigenvalue weighted by Gasteiger charge is 2.52. The zero-order valence-electron chi connectivity index (χ0n) is 17.3. The summed E-state index contributed by atoms with van der Waals surface area (Å²) >= 11 is 0. The number of benzene rings is 1. The number of hydrogen-bond acceptors (Lipinski definition) is 7. The highest BCUT2D eigenvalue weighted by Crippen LogP contribution is 2.31. The lowest BCUT2D eigenvalue weighted by Crippen LogP contribution is -2.42. The van der Waals surface area contributed by atoms with Crippen LogP contribution in [0.2, 0.25) is 0 Å². The standard InChI is InChI=1S/C17H16B4F2O9S/c1-7(17(22,23)33(28,29)30)32-12(24)6-31-16(27)14-11(5-21)9(3-19)8(2-18)10(4-20)13(14)15(25)26/h7H,2-6H2,1H3,(H,25,26)(H,28,29,30). The molecule has 170 valence electrons. The summed E-state index contributed by atoms with van der Waals surface area (Å²) in [4.78, 5) is 36.4. The first-order chi connectivity index (χ1) is 15.2. The van der Waals surface area contributed by atoms with Gasteiger partial charge in [0.05, 0.1) is 42.5 Å². The van der Waals surface area contributed by atoms with E-state index in [1.165, 1.54) is 0 Å². The van der Waals surface area contributed by atoms with Crippen molar-refractivity contribution in [1.82, 2.24) is 0 Å². The lowest BCUT2D eigenvalue weighted by atomic mass is 9.72. The molecule has 2 N–H and O–H groups in total. The smallest absolute Gasteiger partial charge is 0.405 e. The Balaban J connectivity index is 3.33. The Labute approximate surface area is 194 Å². The van der Waals surface area contributed by atoms with Crippen molar-refractivity contribution in [3.05, 3.63) is 33.4 Å². The van der Waals surface area contributed by atoms with Crippen LogP contribution in [0.25, 0.3) is 0 Å². The van der Waals surface area contributed by atoms with Crippen LogP contribution in [0, 0.1) is 0 Å². The largest absolute Gasteiger partial charge is 0.478 e. The Kier molecular flexibility index (Phi) is 9.73. The number of ether oxygens (including phenoxy) is 2. The summed E-state index contributed by atoms with van der Waals surface area (Å²) in [6.45, 7) is -0.822. The van der Waals surface area contributed by atoms with Gasteiger partial charge in [0.15, 0.2) is 12.7 Å². The van der Waals surface area contributed by atoms with Gasteiger partial charge in [-0.25, -0.2) is 14.4 Å². The molecule has 1 aromatic rings. The van der Waals surface area contributed by atoms with Crippen LogP contribution in [0.5, 0.6) is 0 Å². The van der Waals surface area contributed by atoms with Gasteiger partial charge in [-0.15, -0.1) is 0 Å². The predicted molar refractivity (Wildman–Crippen MR) is 114 cm³/mol. The molecule has 0 aliphatic heterocycles. The van der Waals surface area contributed by atoms with Crippen molar-refractivity contribution in [1.29, 1.82) is 0 Å². The summed E-state index contributed by atoms with van der Waals surface area (Å²) in [6, 6.07) is 0. The van der Waals surface area contributed by atoms with Crippen LogP contribution in [0.15, 0.2) is 0 Å². The lowest BCUT2D eigenvalue weighted by Gasteiger charge is -2.23. The Morgan fingerprint density at radius 2 is 1.36 bits per heavy atom. The summed E-state index contributed by atoms with van der Waals surface area (Å²) in [6.07, 6.45) is -3.73. The van der Waals surface area contributed by atoms with E-state index in [9.17, 15) is 36.7 Å². The van der Waals surface area contributed by atoms with Gasteiger partial charge in [-0.3, -0.25) is 4.55 Å². The van der Waals surface area contributed by atoms with E-state index in [0.717, 1.165) is 0 Å². The second kappa shape index (κ2) is 11.2. The Hall–Kier alpha value is -2.34. The van der Waals surface area contributed by atoms with Gasteiger partial charge >= 0.3 is 33.3 Å². The van der Waals surface area contributed by atoms with Crippen molar-refractivity contribution in [2.24, 2.45) is 0 Å². The molecule has 0 spiro atoms. The Morgan fingerprint density at radius 3 is 1.73 bits per heavy atom. The first-order valence-electron chi connectivity index (χ1n) is 9.13. The third-order valence-electron chi connectivity index (χ3n) is 4.63. The number of carbonyl (C=O) groups excluding carboxylic acids is 2. The van der Waals surface area contributed by atoms with Crippen LogP contribution in [0.4, 0.5) is 8.78 Å². The Bertz CT molecular complexity index is 1050. The minimum absolute atomic E-state index is 0.0152. The molecule has 8 radical (unpaired) electrons. The fourth-order valence-electron chi connectivity index (χ4n) is 3.08. The van der Waals surface area contributed by atoms with Crippen molar-refractivity contribution < 1.29 is 50.7 Å². The zero-order valence-corrected chi connectivity index (χ0v) is 18.2. The molecule has 0 aliphatic rings. The summed E-state index contributed by atoms with van der Waals surface area (Å²) in [5.41, 5.74) is -0.667. The maximum absolute atomic E-state index is 13.5. The molecule has 0 aromatic heterocycles. The maximum Gasteiger partial charge on any atom is 0.405 e. The topological polar surface area (TPSA) is 144 Å². The molecule has 33 heavy (non-hydrogen) atoms. The van der Waals surface area contributed by atoms with Gasteiger partial charge in [0.1, 0.15) is 0 Å². The molecule has 1 rings (SSSR count). The van der Waals surface area contributed by atoms with Crippen LogP contribution < -0.4 is 0 Å². The second-order valence-corrected chi connectivity index (χ2v) is 8.03. The number of halogens is 2. The molecule has 0 saturated carbocycles. The summed E-state index contributed by atoms with van der Waals surface area (Å²) in [7, 11) is 16.8. The predicted octanol–water partition coefficient (Wildman–Crippen LogP) is -0.372. The van der Waals surface area contributed by atoms with Gasteiger partial charge in [0, 0.05) is 0 Å². The molecular formula is C17H16B4F2O9S. The average Bonchev–Trinajstić information content (AvgIpc) is 2.73. The van der Waals surface area contributed by atoms with E-state index in [4.69, 9.17) is 40.7 Å². The SMILES string of the molecule is [B]Cc1c(C[B])c(C[B])c(C(=O)OCC(=O)OC(C)C(F)(F)S(=O)(=O)O)c(C(=O)O)c1C[B]. The molecule has 0 fully saturated rings. The summed E-state index contributed by atoms with van der Waals surface area (Å²) in [5.74, 6) is -4.58. The van der Waals surface area contributed by atoms with Crippen LogP contribution in [0.3, 0.4) is 0 Å². The number of carbonyl (C=O) groups is 3. The number of hydrogen-bond donors (Lipinski definition) is 2. The third kappa shape index (κ3) is 5.97.